The van der Waals surface area contributed by atoms with Gasteiger partial charge in [0.2, 0.25) is 0 Å². The number of amides is 1. The lowest BCUT2D eigenvalue weighted by Crippen LogP contribution is -2.18. The smallest absolute Gasteiger partial charge is 0.275 e. The molecule has 1 amide bonds. The normalized spacial score (nSPS) is 10.8. The molecular formula is C22H17BrCl2N2O3. The molecule has 154 valence electrons. The van der Waals surface area contributed by atoms with Gasteiger partial charge in [-0.15, -0.1) is 0 Å². The lowest BCUT2D eigenvalue weighted by atomic mass is 10.2. The van der Waals surface area contributed by atoms with Gasteiger partial charge in [-0.1, -0.05) is 57.3 Å². The molecule has 0 radical (unpaired) electrons. The average Bonchev–Trinajstić information content (AvgIpc) is 2.73. The maximum atomic E-state index is 12.4. The summed E-state index contributed by atoms with van der Waals surface area (Å²) in [6.07, 6.45) is 1.53. The van der Waals surface area contributed by atoms with Gasteiger partial charge in [-0.3, -0.25) is 4.79 Å². The summed E-state index contributed by atoms with van der Waals surface area (Å²) >= 11 is 15.4. The quantitative estimate of drug-likeness (QED) is 0.310. The van der Waals surface area contributed by atoms with E-state index in [1.165, 1.54) is 13.3 Å². The molecule has 0 bridgehead atoms. The van der Waals surface area contributed by atoms with Crippen molar-refractivity contribution in [2.45, 2.75) is 6.61 Å². The summed E-state index contributed by atoms with van der Waals surface area (Å²) in [6, 6.07) is 17.7. The van der Waals surface area contributed by atoms with Crippen molar-refractivity contribution < 1.29 is 14.3 Å². The summed E-state index contributed by atoms with van der Waals surface area (Å²) in [4.78, 5) is 12.4. The fourth-order valence-electron chi connectivity index (χ4n) is 2.57. The molecule has 0 atom stereocenters. The van der Waals surface area contributed by atoms with E-state index in [2.05, 4.69) is 26.5 Å². The zero-order valence-corrected chi connectivity index (χ0v) is 19.0. The third kappa shape index (κ3) is 5.98. The van der Waals surface area contributed by atoms with Crippen molar-refractivity contribution in [1.29, 1.82) is 0 Å². The predicted molar refractivity (Wildman–Crippen MR) is 123 cm³/mol. The third-order valence-electron chi connectivity index (χ3n) is 4.05. The Morgan fingerprint density at radius 2 is 1.97 bits per heavy atom. The van der Waals surface area contributed by atoms with Crippen LogP contribution in [0.1, 0.15) is 21.5 Å². The molecule has 0 saturated carbocycles. The number of carbonyl (C=O) groups excluding carboxylic acids is 1. The van der Waals surface area contributed by atoms with E-state index < -0.39 is 0 Å². The van der Waals surface area contributed by atoms with Gasteiger partial charge >= 0.3 is 0 Å². The van der Waals surface area contributed by atoms with Gasteiger partial charge in [-0.05, 0) is 48.0 Å². The molecule has 0 aliphatic carbocycles. The maximum Gasteiger partial charge on any atom is 0.275 e. The van der Waals surface area contributed by atoms with Crippen LogP contribution in [0.5, 0.6) is 11.5 Å². The Bertz CT molecular complexity index is 1090. The van der Waals surface area contributed by atoms with Gasteiger partial charge in [0.1, 0.15) is 18.1 Å². The minimum Gasteiger partial charge on any atom is -0.496 e. The first-order valence-electron chi connectivity index (χ1n) is 8.80. The highest BCUT2D eigenvalue weighted by Gasteiger charge is 2.12. The molecule has 0 saturated heterocycles. The largest absolute Gasteiger partial charge is 0.496 e. The number of nitrogens with one attached hydrogen (secondary N) is 1. The molecule has 8 heteroatoms. The topological polar surface area (TPSA) is 59.9 Å². The van der Waals surface area contributed by atoms with Crippen molar-refractivity contribution in [3.05, 3.63) is 91.9 Å². The average molecular weight is 508 g/mol. The van der Waals surface area contributed by atoms with Crippen LogP contribution in [0.2, 0.25) is 10.0 Å². The number of methoxy groups -OCH3 is 1. The molecule has 0 aliphatic heterocycles. The number of nitrogens with zero attached hydrogens (tertiary/aromatic N) is 1. The van der Waals surface area contributed by atoms with Gasteiger partial charge in [0, 0.05) is 20.1 Å². The SMILES string of the molecule is COc1ccc(Br)cc1C(=O)N/N=C\c1cccc(OCc2ccc(Cl)cc2Cl)c1. The molecule has 3 aromatic carbocycles. The van der Waals surface area contributed by atoms with Crippen molar-refractivity contribution in [1.82, 2.24) is 5.43 Å². The van der Waals surface area contributed by atoms with Crippen LogP contribution in [0.15, 0.2) is 70.2 Å². The van der Waals surface area contributed by atoms with Crippen LogP contribution in [0.25, 0.3) is 0 Å². The highest BCUT2D eigenvalue weighted by atomic mass is 79.9. The molecule has 1 N–H and O–H groups in total. The Morgan fingerprint density at radius 3 is 2.73 bits per heavy atom. The maximum absolute atomic E-state index is 12.4. The standard InChI is InChI=1S/C22H17BrCl2N2O3/c1-29-21-8-6-16(23)10-19(21)22(28)27-26-12-14-3-2-4-18(9-14)30-13-15-5-7-17(24)11-20(15)25/h2-12H,13H2,1H3,(H,27,28)/b26-12-. The predicted octanol–water partition coefficient (Wildman–Crippen LogP) is 6.11. The fourth-order valence-corrected chi connectivity index (χ4v) is 3.39. The summed E-state index contributed by atoms with van der Waals surface area (Å²) in [5, 5.41) is 5.14. The molecule has 5 nitrogen and oxygen atoms in total. The summed E-state index contributed by atoms with van der Waals surface area (Å²) in [7, 11) is 1.51. The number of hydrogen-bond donors (Lipinski definition) is 1. The van der Waals surface area contributed by atoms with Crippen LogP contribution in [0, 0.1) is 0 Å². The molecule has 0 spiro atoms. The van der Waals surface area contributed by atoms with E-state index in [4.69, 9.17) is 32.7 Å². The van der Waals surface area contributed by atoms with E-state index in [9.17, 15) is 4.79 Å². The Balaban J connectivity index is 1.63. The summed E-state index contributed by atoms with van der Waals surface area (Å²) in [5.74, 6) is 0.723. The number of carbonyl (C=O) groups is 1. The van der Waals surface area contributed by atoms with E-state index in [1.54, 1.807) is 36.4 Å². The van der Waals surface area contributed by atoms with Crippen molar-refractivity contribution in [3.8, 4) is 11.5 Å². The Hall–Kier alpha value is -2.54. The zero-order chi connectivity index (χ0) is 21.5. The molecule has 0 unspecified atom stereocenters. The molecule has 0 aromatic heterocycles. The second-order valence-electron chi connectivity index (χ2n) is 6.14. The Labute approximate surface area is 192 Å². The van der Waals surface area contributed by atoms with Gasteiger partial charge in [0.15, 0.2) is 0 Å². The first kappa shape index (κ1) is 22.2. The van der Waals surface area contributed by atoms with E-state index in [0.29, 0.717) is 33.7 Å². The molecule has 0 fully saturated rings. The van der Waals surface area contributed by atoms with Gasteiger partial charge < -0.3 is 9.47 Å². The van der Waals surface area contributed by atoms with Crippen LogP contribution >= 0.6 is 39.1 Å². The molecule has 30 heavy (non-hydrogen) atoms. The van der Waals surface area contributed by atoms with Crippen LogP contribution < -0.4 is 14.9 Å². The van der Waals surface area contributed by atoms with Crippen LogP contribution in [-0.4, -0.2) is 19.2 Å². The molecule has 3 rings (SSSR count). The van der Waals surface area contributed by atoms with E-state index in [1.807, 2.05) is 24.3 Å². The fraction of sp³-hybridized carbons (Fsp3) is 0.0909. The van der Waals surface area contributed by atoms with Gasteiger partial charge in [0.25, 0.3) is 5.91 Å². The summed E-state index contributed by atoms with van der Waals surface area (Å²) in [5.41, 5.74) is 4.46. The van der Waals surface area contributed by atoms with E-state index in [-0.39, 0.29) is 5.91 Å². The number of ether oxygens (including phenoxy) is 2. The van der Waals surface area contributed by atoms with Gasteiger partial charge in [-0.2, -0.15) is 5.10 Å². The number of hydrazone groups is 1. The molecule has 0 aliphatic rings. The lowest BCUT2D eigenvalue weighted by molar-refractivity contribution is 0.0952. The second kappa shape index (κ2) is 10.5. The van der Waals surface area contributed by atoms with Crippen molar-refractivity contribution in [2.24, 2.45) is 5.10 Å². The summed E-state index contributed by atoms with van der Waals surface area (Å²) in [6.45, 7) is 0.302. The third-order valence-corrected chi connectivity index (χ3v) is 5.13. The first-order chi connectivity index (χ1) is 14.5. The number of benzene rings is 3. The van der Waals surface area contributed by atoms with Crippen molar-refractivity contribution in [2.75, 3.05) is 7.11 Å². The van der Waals surface area contributed by atoms with Crippen molar-refractivity contribution in [3.63, 3.8) is 0 Å². The number of hydrogen-bond acceptors (Lipinski definition) is 4. The Kier molecular flexibility index (Phi) is 7.74. The van der Waals surface area contributed by atoms with E-state index in [0.717, 1.165) is 15.6 Å². The molecule has 0 heterocycles. The second-order valence-corrected chi connectivity index (χ2v) is 7.90. The summed E-state index contributed by atoms with van der Waals surface area (Å²) < 4.78 is 11.8. The Morgan fingerprint density at radius 1 is 1.13 bits per heavy atom. The lowest BCUT2D eigenvalue weighted by Gasteiger charge is -2.09. The van der Waals surface area contributed by atoms with Gasteiger partial charge in [-0.25, -0.2) is 5.43 Å². The first-order valence-corrected chi connectivity index (χ1v) is 10.3. The van der Waals surface area contributed by atoms with Crippen LogP contribution in [0.4, 0.5) is 0 Å². The minimum absolute atomic E-state index is 0.302. The van der Waals surface area contributed by atoms with Crippen LogP contribution in [-0.2, 0) is 6.61 Å². The molecule has 3 aromatic rings. The minimum atomic E-state index is -0.380. The molecular weight excluding hydrogens is 491 g/mol. The number of rotatable bonds is 7. The highest BCUT2D eigenvalue weighted by molar-refractivity contribution is 9.10. The van der Waals surface area contributed by atoms with Crippen molar-refractivity contribution >= 4 is 51.3 Å². The van der Waals surface area contributed by atoms with Crippen LogP contribution in [0.3, 0.4) is 0 Å². The number of halogens is 3. The van der Waals surface area contributed by atoms with E-state index >= 15 is 0 Å². The monoisotopic (exact) mass is 506 g/mol. The highest BCUT2D eigenvalue weighted by Crippen LogP contribution is 2.24. The zero-order valence-electron chi connectivity index (χ0n) is 15.9. The van der Waals surface area contributed by atoms with Gasteiger partial charge in [0.05, 0.1) is 18.9 Å².